The summed E-state index contributed by atoms with van der Waals surface area (Å²) in [7, 11) is 0. The third-order valence-electron chi connectivity index (χ3n) is 2.64. The van der Waals surface area contributed by atoms with Crippen molar-refractivity contribution in [2.75, 3.05) is 6.61 Å². The van der Waals surface area contributed by atoms with Crippen molar-refractivity contribution in [2.45, 2.75) is 46.1 Å². The van der Waals surface area contributed by atoms with E-state index in [2.05, 4.69) is 0 Å². The monoisotopic (exact) mass is 278 g/mol. The molecule has 0 aliphatic carbocycles. The Balaban J connectivity index is 2.55. The molecule has 0 radical (unpaired) electrons. The Kier molecular flexibility index (Phi) is 6.77. The first-order valence-electron chi connectivity index (χ1n) is 6.94. The molecule has 4 nitrogen and oxygen atoms in total. The van der Waals surface area contributed by atoms with Gasteiger partial charge in [0.1, 0.15) is 11.5 Å². The van der Waals surface area contributed by atoms with Crippen LogP contribution < -0.4 is 4.74 Å². The largest absolute Gasteiger partial charge is 0.491 e. The molecule has 110 valence electrons. The highest BCUT2D eigenvalue weighted by Gasteiger charge is 2.12. The van der Waals surface area contributed by atoms with Crippen LogP contribution in [0, 0.1) is 0 Å². The number of esters is 1. The van der Waals surface area contributed by atoms with Gasteiger partial charge < -0.3 is 9.47 Å². The Bertz CT molecular complexity index is 452. The van der Waals surface area contributed by atoms with E-state index in [4.69, 9.17) is 9.47 Å². The zero-order valence-electron chi connectivity index (χ0n) is 12.3. The number of ether oxygens (including phenoxy) is 2. The summed E-state index contributed by atoms with van der Waals surface area (Å²) in [5.74, 6) is 0.414. The van der Waals surface area contributed by atoms with Crippen LogP contribution in [0.3, 0.4) is 0 Å². The molecule has 0 spiro atoms. The Labute approximate surface area is 120 Å². The van der Waals surface area contributed by atoms with E-state index in [0.717, 1.165) is 11.3 Å². The highest BCUT2D eigenvalue weighted by Crippen LogP contribution is 2.20. The molecular formula is C16H22O4. The minimum absolute atomic E-state index is 0.0119. The second-order valence-corrected chi connectivity index (χ2v) is 4.79. The lowest BCUT2D eigenvalue weighted by molar-refractivity contribution is -0.144. The lowest BCUT2D eigenvalue weighted by Gasteiger charge is -2.13. The van der Waals surface area contributed by atoms with E-state index in [9.17, 15) is 9.59 Å². The van der Waals surface area contributed by atoms with E-state index in [1.165, 1.54) is 0 Å². The van der Waals surface area contributed by atoms with Crippen LogP contribution in [-0.2, 0) is 20.7 Å². The van der Waals surface area contributed by atoms with Crippen molar-refractivity contribution >= 4 is 11.8 Å². The summed E-state index contributed by atoms with van der Waals surface area (Å²) in [6, 6.07) is 7.49. The minimum Gasteiger partial charge on any atom is -0.491 e. The molecule has 0 N–H and O–H groups in total. The summed E-state index contributed by atoms with van der Waals surface area (Å²) in [6.45, 7) is 5.98. The van der Waals surface area contributed by atoms with Crippen molar-refractivity contribution < 1.29 is 19.1 Å². The van der Waals surface area contributed by atoms with Crippen LogP contribution in [0.25, 0.3) is 0 Å². The second-order valence-electron chi connectivity index (χ2n) is 4.79. The fourth-order valence-corrected chi connectivity index (χ4v) is 1.79. The van der Waals surface area contributed by atoms with Gasteiger partial charge in [0.2, 0.25) is 0 Å². The predicted molar refractivity (Wildman–Crippen MR) is 76.8 cm³/mol. The average molecular weight is 278 g/mol. The van der Waals surface area contributed by atoms with E-state index in [0.29, 0.717) is 6.61 Å². The summed E-state index contributed by atoms with van der Waals surface area (Å²) < 4.78 is 10.5. The number of ketones is 1. The van der Waals surface area contributed by atoms with E-state index in [1.54, 1.807) is 6.92 Å². The summed E-state index contributed by atoms with van der Waals surface area (Å²) in [5.41, 5.74) is 0.857. The number of rotatable bonds is 8. The third kappa shape index (κ3) is 5.87. The normalized spacial score (nSPS) is 10.4. The fourth-order valence-electron chi connectivity index (χ4n) is 1.79. The number of benzene rings is 1. The molecular weight excluding hydrogens is 256 g/mol. The number of carbonyl (C=O) groups excluding carboxylic acids is 2. The highest BCUT2D eigenvalue weighted by atomic mass is 16.5. The van der Waals surface area contributed by atoms with Crippen LogP contribution >= 0.6 is 0 Å². The quantitative estimate of drug-likeness (QED) is 0.686. The molecule has 0 atom stereocenters. The predicted octanol–water partition coefficient (Wildman–Crippen LogP) is 2.93. The Morgan fingerprint density at radius 2 is 1.85 bits per heavy atom. The van der Waals surface area contributed by atoms with Gasteiger partial charge in [-0.05, 0) is 26.8 Å². The molecule has 0 saturated heterocycles. The second kappa shape index (κ2) is 8.35. The molecule has 1 rings (SSSR count). The van der Waals surface area contributed by atoms with E-state index < -0.39 is 0 Å². The number of para-hydroxylation sites is 1. The van der Waals surface area contributed by atoms with Gasteiger partial charge in [-0.25, -0.2) is 0 Å². The molecule has 0 aliphatic heterocycles. The maximum atomic E-state index is 11.9. The van der Waals surface area contributed by atoms with Crippen LogP contribution in [0.5, 0.6) is 5.75 Å². The first kappa shape index (κ1) is 16.2. The first-order chi connectivity index (χ1) is 9.52. The van der Waals surface area contributed by atoms with Gasteiger partial charge in [0.25, 0.3) is 0 Å². The summed E-state index contributed by atoms with van der Waals surface area (Å²) in [5, 5.41) is 0. The summed E-state index contributed by atoms with van der Waals surface area (Å²) in [6.07, 6.45) is 0.683. The average Bonchev–Trinajstić information content (AvgIpc) is 2.38. The summed E-state index contributed by atoms with van der Waals surface area (Å²) >= 11 is 0. The van der Waals surface area contributed by atoms with E-state index >= 15 is 0 Å². The molecule has 1 aromatic carbocycles. The fraction of sp³-hybridized carbons (Fsp3) is 0.500. The van der Waals surface area contributed by atoms with Gasteiger partial charge >= 0.3 is 5.97 Å². The van der Waals surface area contributed by atoms with Crippen LogP contribution in [0.1, 0.15) is 39.2 Å². The Morgan fingerprint density at radius 1 is 1.15 bits per heavy atom. The highest BCUT2D eigenvalue weighted by molar-refractivity contribution is 5.85. The third-order valence-corrected chi connectivity index (χ3v) is 2.64. The maximum absolute atomic E-state index is 11.9. The zero-order valence-corrected chi connectivity index (χ0v) is 12.3. The Hall–Kier alpha value is -1.84. The van der Waals surface area contributed by atoms with Crippen molar-refractivity contribution in [1.29, 1.82) is 0 Å². The molecule has 0 unspecified atom stereocenters. The minimum atomic E-state index is -0.326. The molecule has 4 heteroatoms. The van der Waals surface area contributed by atoms with E-state index in [1.807, 2.05) is 38.1 Å². The molecule has 0 saturated carbocycles. The van der Waals surface area contributed by atoms with Crippen molar-refractivity contribution in [1.82, 2.24) is 0 Å². The molecule has 20 heavy (non-hydrogen) atoms. The molecule has 0 bridgehead atoms. The smallest absolute Gasteiger partial charge is 0.306 e. The number of hydrogen-bond acceptors (Lipinski definition) is 4. The van der Waals surface area contributed by atoms with Gasteiger partial charge in [0.05, 0.1) is 19.1 Å². The Morgan fingerprint density at radius 3 is 2.50 bits per heavy atom. The number of Topliss-reactive ketones (excluding diaryl/α,β-unsaturated/α-hetero) is 1. The zero-order chi connectivity index (χ0) is 15.0. The molecule has 0 heterocycles. The molecule has 1 aromatic rings. The lowest BCUT2D eigenvalue weighted by atomic mass is 10.0. The van der Waals surface area contributed by atoms with Crippen molar-refractivity contribution in [2.24, 2.45) is 0 Å². The van der Waals surface area contributed by atoms with Gasteiger partial charge in [-0.3, -0.25) is 9.59 Å². The van der Waals surface area contributed by atoms with Crippen molar-refractivity contribution in [3.05, 3.63) is 29.8 Å². The van der Waals surface area contributed by atoms with Crippen LogP contribution in [-0.4, -0.2) is 24.5 Å². The molecule has 0 aliphatic rings. The van der Waals surface area contributed by atoms with Gasteiger partial charge in [-0.1, -0.05) is 18.2 Å². The van der Waals surface area contributed by atoms with Gasteiger partial charge in [-0.2, -0.15) is 0 Å². The van der Waals surface area contributed by atoms with Gasteiger partial charge in [0, 0.05) is 18.4 Å². The molecule has 0 amide bonds. The standard InChI is InChI=1S/C16H22O4/c1-4-19-16(18)10-9-14(17)11-13-7-5-6-8-15(13)20-12(2)3/h5-8,12H,4,9-11H2,1-3H3. The number of hydrogen-bond donors (Lipinski definition) is 0. The van der Waals surface area contributed by atoms with Crippen molar-refractivity contribution in [3.8, 4) is 5.75 Å². The van der Waals surface area contributed by atoms with Crippen molar-refractivity contribution in [3.63, 3.8) is 0 Å². The SMILES string of the molecule is CCOC(=O)CCC(=O)Cc1ccccc1OC(C)C. The molecule has 0 fully saturated rings. The van der Waals surface area contributed by atoms with Gasteiger partial charge in [0.15, 0.2) is 0 Å². The molecule has 0 aromatic heterocycles. The maximum Gasteiger partial charge on any atom is 0.306 e. The number of carbonyl (C=O) groups is 2. The van der Waals surface area contributed by atoms with E-state index in [-0.39, 0.29) is 37.1 Å². The van der Waals surface area contributed by atoms with Crippen LogP contribution in [0.4, 0.5) is 0 Å². The van der Waals surface area contributed by atoms with Crippen LogP contribution in [0.15, 0.2) is 24.3 Å². The first-order valence-corrected chi connectivity index (χ1v) is 6.94. The topological polar surface area (TPSA) is 52.6 Å². The van der Waals surface area contributed by atoms with Gasteiger partial charge in [-0.15, -0.1) is 0 Å². The summed E-state index contributed by atoms with van der Waals surface area (Å²) in [4.78, 5) is 23.1. The van der Waals surface area contributed by atoms with Crippen LogP contribution in [0.2, 0.25) is 0 Å². The lowest BCUT2D eigenvalue weighted by Crippen LogP contribution is -2.11.